The molecule has 70 valence electrons. The zero-order valence-electron chi connectivity index (χ0n) is 7.24. The molecule has 0 fully saturated rings. The molecule has 1 aromatic carbocycles. The Morgan fingerprint density at radius 2 is 1.86 bits per heavy atom. The Balaban J connectivity index is 2.55. The summed E-state index contributed by atoms with van der Waals surface area (Å²) in [6.45, 7) is 0. The maximum Gasteiger partial charge on any atom is 0.336 e. The van der Waals surface area contributed by atoms with E-state index in [9.17, 15) is 4.79 Å². The summed E-state index contributed by atoms with van der Waals surface area (Å²) in [6, 6.07) is 11.9. The van der Waals surface area contributed by atoms with Crippen LogP contribution in [-0.2, 0) is 0 Å². The van der Waals surface area contributed by atoms with Crippen LogP contribution in [0.5, 0.6) is 0 Å². The van der Waals surface area contributed by atoms with E-state index < -0.39 is 0 Å². The molecule has 0 spiro atoms. The molecule has 0 N–H and O–H groups in total. The van der Waals surface area contributed by atoms with Gasteiger partial charge in [0.1, 0.15) is 5.76 Å². The zero-order chi connectivity index (χ0) is 9.97. The second kappa shape index (κ2) is 3.68. The first-order valence-electron chi connectivity index (χ1n) is 4.12. The van der Waals surface area contributed by atoms with E-state index in [4.69, 9.17) is 16.0 Å². The lowest BCUT2D eigenvalue weighted by Gasteiger charge is -1.98. The summed E-state index contributed by atoms with van der Waals surface area (Å²) in [7, 11) is 0. The summed E-state index contributed by atoms with van der Waals surface area (Å²) in [4.78, 5) is 10.9. The Hall–Kier alpha value is -1.54. The molecule has 2 aromatic rings. The van der Waals surface area contributed by atoms with Crippen molar-refractivity contribution >= 4 is 11.6 Å². The van der Waals surface area contributed by atoms with Crippen LogP contribution < -0.4 is 5.63 Å². The summed E-state index contributed by atoms with van der Waals surface area (Å²) >= 11 is 5.81. The lowest BCUT2D eigenvalue weighted by molar-refractivity contribution is 0.526. The third kappa shape index (κ3) is 1.86. The molecule has 1 aromatic heterocycles. The van der Waals surface area contributed by atoms with Crippen LogP contribution in [0.15, 0.2) is 51.7 Å². The van der Waals surface area contributed by atoms with Gasteiger partial charge < -0.3 is 4.42 Å². The molecule has 14 heavy (non-hydrogen) atoms. The molecule has 0 saturated heterocycles. The summed E-state index contributed by atoms with van der Waals surface area (Å²) in [6.07, 6.45) is 0. The molecule has 0 unspecified atom stereocenters. The third-order valence-corrected chi connectivity index (χ3v) is 2.03. The Kier molecular flexibility index (Phi) is 2.37. The lowest BCUT2D eigenvalue weighted by Crippen LogP contribution is -1.94. The molecule has 0 radical (unpaired) electrons. The SMILES string of the molecule is O=c1cccc(-c2cccc(Cl)c2)o1. The van der Waals surface area contributed by atoms with Gasteiger partial charge in [0.25, 0.3) is 0 Å². The topological polar surface area (TPSA) is 30.2 Å². The quantitative estimate of drug-likeness (QED) is 0.718. The number of hydrogen-bond donors (Lipinski definition) is 0. The van der Waals surface area contributed by atoms with Crippen LogP contribution in [0.3, 0.4) is 0 Å². The third-order valence-electron chi connectivity index (χ3n) is 1.80. The van der Waals surface area contributed by atoms with Crippen LogP contribution in [0.1, 0.15) is 0 Å². The Morgan fingerprint density at radius 1 is 1.07 bits per heavy atom. The van der Waals surface area contributed by atoms with Crippen LogP contribution >= 0.6 is 11.6 Å². The van der Waals surface area contributed by atoms with Gasteiger partial charge >= 0.3 is 5.63 Å². The van der Waals surface area contributed by atoms with E-state index >= 15 is 0 Å². The molecule has 0 aliphatic carbocycles. The van der Waals surface area contributed by atoms with Crippen molar-refractivity contribution in [3.05, 3.63) is 57.9 Å². The first kappa shape index (κ1) is 9.03. The average molecular weight is 207 g/mol. The highest BCUT2D eigenvalue weighted by atomic mass is 35.5. The second-order valence-corrected chi connectivity index (χ2v) is 3.26. The number of rotatable bonds is 1. The smallest absolute Gasteiger partial charge is 0.336 e. The summed E-state index contributed by atoms with van der Waals surface area (Å²) in [5, 5.41) is 0.619. The lowest BCUT2D eigenvalue weighted by atomic mass is 10.2. The highest BCUT2D eigenvalue weighted by molar-refractivity contribution is 6.30. The van der Waals surface area contributed by atoms with E-state index in [1.54, 1.807) is 24.3 Å². The summed E-state index contributed by atoms with van der Waals surface area (Å²) in [5.41, 5.74) is 0.442. The average Bonchev–Trinajstić information content (AvgIpc) is 2.18. The molecule has 0 aliphatic heterocycles. The molecule has 0 bridgehead atoms. The van der Waals surface area contributed by atoms with E-state index in [1.165, 1.54) is 6.07 Å². The van der Waals surface area contributed by atoms with Crippen LogP contribution in [0, 0.1) is 0 Å². The van der Waals surface area contributed by atoms with Crippen LogP contribution in [0.4, 0.5) is 0 Å². The largest absolute Gasteiger partial charge is 0.423 e. The van der Waals surface area contributed by atoms with Gasteiger partial charge in [-0.2, -0.15) is 0 Å². The first-order chi connectivity index (χ1) is 6.75. The van der Waals surface area contributed by atoms with Crippen molar-refractivity contribution in [3.63, 3.8) is 0 Å². The van der Waals surface area contributed by atoms with Gasteiger partial charge in [-0.1, -0.05) is 29.8 Å². The predicted octanol–water partition coefficient (Wildman–Crippen LogP) is 2.96. The maximum absolute atomic E-state index is 10.9. The van der Waals surface area contributed by atoms with Gasteiger partial charge in [-0.15, -0.1) is 0 Å². The molecule has 1 heterocycles. The van der Waals surface area contributed by atoms with Crippen molar-refractivity contribution in [1.29, 1.82) is 0 Å². The molecule has 2 rings (SSSR count). The van der Waals surface area contributed by atoms with Crippen LogP contribution in [-0.4, -0.2) is 0 Å². The fourth-order valence-corrected chi connectivity index (χ4v) is 1.38. The molecular weight excluding hydrogens is 200 g/mol. The van der Waals surface area contributed by atoms with Crippen molar-refractivity contribution in [2.24, 2.45) is 0 Å². The predicted molar refractivity (Wildman–Crippen MR) is 55.4 cm³/mol. The Bertz CT molecular complexity index is 502. The standard InChI is InChI=1S/C11H7ClO2/c12-9-4-1-3-8(7-9)10-5-2-6-11(13)14-10/h1-7H. The van der Waals surface area contributed by atoms with E-state index in [0.717, 1.165) is 5.56 Å². The molecule has 0 amide bonds. The van der Waals surface area contributed by atoms with Gasteiger partial charge in [0.15, 0.2) is 0 Å². The Morgan fingerprint density at radius 3 is 2.57 bits per heavy atom. The molecule has 2 nitrogen and oxygen atoms in total. The number of benzene rings is 1. The molecule has 0 saturated carbocycles. The van der Waals surface area contributed by atoms with E-state index in [-0.39, 0.29) is 5.63 Å². The number of hydrogen-bond acceptors (Lipinski definition) is 2. The number of halogens is 1. The molecule has 3 heteroatoms. The first-order valence-corrected chi connectivity index (χ1v) is 4.49. The van der Waals surface area contributed by atoms with E-state index in [0.29, 0.717) is 10.8 Å². The normalized spacial score (nSPS) is 10.1. The highest BCUT2D eigenvalue weighted by Gasteiger charge is 2.00. The van der Waals surface area contributed by atoms with Crippen molar-refractivity contribution in [3.8, 4) is 11.3 Å². The minimum atomic E-state index is -0.359. The fraction of sp³-hybridized carbons (Fsp3) is 0. The van der Waals surface area contributed by atoms with Crippen molar-refractivity contribution in [1.82, 2.24) is 0 Å². The van der Waals surface area contributed by atoms with Gasteiger partial charge in [0, 0.05) is 16.7 Å². The van der Waals surface area contributed by atoms with Gasteiger partial charge in [0.05, 0.1) is 0 Å². The highest BCUT2D eigenvalue weighted by Crippen LogP contribution is 2.20. The van der Waals surface area contributed by atoms with Crippen LogP contribution in [0.25, 0.3) is 11.3 Å². The minimum Gasteiger partial charge on any atom is -0.423 e. The zero-order valence-corrected chi connectivity index (χ0v) is 7.99. The molecule has 0 aliphatic rings. The van der Waals surface area contributed by atoms with Crippen LogP contribution in [0.2, 0.25) is 5.02 Å². The van der Waals surface area contributed by atoms with Crippen molar-refractivity contribution < 1.29 is 4.42 Å². The second-order valence-electron chi connectivity index (χ2n) is 2.82. The van der Waals surface area contributed by atoms with E-state index in [1.807, 2.05) is 12.1 Å². The van der Waals surface area contributed by atoms with Gasteiger partial charge in [0.2, 0.25) is 0 Å². The monoisotopic (exact) mass is 206 g/mol. The maximum atomic E-state index is 10.9. The summed E-state index contributed by atoms with van der Waals surface area (Å²) in [5.74, 6) is 0.528. The van der Waals surface area contributed by atoms with Gasteiger partial charge in [-0.05, 0) is 18.2 Å². The molecular formula is C11H7ClO2. The Labute approximate surface area is 85.8 Å². The molecule has 0 atom stereocenters. The van der Waals surface area contributed by atoms with Gasteiger partial charge in [-0.3, -0.25) is 0 Å². The van der Waals surface area contributed by atoms with Crippen molar-refractivity contribution in [2.75, 3.05) is 0 Å². The van der Waals surface area contributed by atoms with Crippen molar-refractivity contribution in [2.45, 2.75) is 0 Å². The van der Waals surface area contributed by atoms with Gasteiger partial charge in [-0.25, -0.2) is 4.79 Å². The summed E-state index contributed by atoms with van der Waals surface area (Å²) < 4.78 is 5.00. The minimum absolute atomic E-state index is 0.359. The van der Waals surface area contributed by atoms with E-state index in [2.05, 4.69) is 0 Å². The fourth-order valence-electron chi connectivity index (χ4n) is 1.19.